The smallest absolute Gasteiger partial charge is 0.00477 e. The second kappa shape index (κ2) is 14.4. The highest BCUT2D eigenvalue weighted by atomic mass is 31.1. The van der Waals surface area contributed by atoms with Crippen molar-refractivity contribution in [2.75, 3.05) is 12.3 Å². The van der Waals surface area contributed by atoms with E-state index >= 15 is 0 Å². The van der Waals surface area contributed by atoms with E-state index in [1.54, 1.807) is 22.3 Å². The third-order valence-electron chi connectivity index (χ3n) is 8.38. The summed E-state index contributed by atoms with van der Waals surface area (Å²) >= 11 is 0. The van der Waals surface area contributed by atoms with Crippen LogP contribution in [-0.4, -0.2) is 12.3 Å². The zero-order valence-corrected chi connectivity index (χ0v) is 25.5. The predicted octanol–water partition coefficient (Wildman–Crippen LogP) is 11.9. The summed E-state index contributed by atoms with van der Waals surface area (Å²) < 4.78 is 0. The molecule has 0 spiro atoms. The maximum Gasteiger partial charge on any atom is 0.00477 e. The lowest BCUT2D eigenvalue weighted by atomic mass is 10.0. The minimum absolute atomic E-state index is 0.100. The van der Waals surface area contributed by atoms with E-state index in [-0.39, 0.29) is 15.8 Å². The largest absolute Gasteiger partial charge is 0.0910 e. The summed E-state index contributed by atoms with van der Waals surface area (Å²) in [5.41, 5.74) is 9.31. The van der Waals surface area contributed by atoms with Gasteiger partial charge in [0, 0.05) is 22.6 Å². The molecule has 39 heavy (non-hydrogen) atoms. The van der Waals surface area contributed by atoms with E-state index < -0.39 is 0 Å². The van der Waals surface area contributed by atoms with Gasteiger partial charge < -0.3 is 0 Å². The standard InChI is InChI=1S/C34H36P2.C3H8/c1-5-13-27(14-6-1)31-21-22-32(28-15-7-2-8-16-28)35(31)25-26-36-33(29-17-9-3-10-18-29)23-24-34(36)30-19-11-4-12-20-30;1-3-2/h1-20,31-34H,21-26H2;3H2,1-2H3/t31-,32-,33-,34-;/m0./s1. The zero-order valence-electron chi connectivity index (χ0n) is 23.7. The highest BCUT2D eigenvalue weighted by Gasteiger charge is 2.41. The van der Waals surface area contributed by atoms with Crippen LogP contribution < -0.4 is 0 Å². The molecule has 0 saturated carbocycles. The Hall–Kier alpha value is -2.26. The molecule has 2 saturated heterocycles. The third kappa shape index (κ3) is 6.91. The number of benzene rings is 4. The van der Waals surface area contributed by atoms with Gasteiger partial charge in [0.25, 0.3) is 0 Å². The quantitative estimate of drug-likeness (QED) is 0.201. The Morgan fingerprint density at radius 1 is 0.410 bits per heavy atom. The molecule has 0 radical (unpaired) electrons. The van der Waals surface area contributed by atoms with Crippen LogP contribution in [0.4, 0.5) is 0 Å². The van der Waals surface area contributed by atoms with Gasteiger partial charge in [0.2, 0.25) is 0 Å². The van der Waals surface area contributed by atoms with Crippen LogP contribution in [0.3, 0.4) is 0 Å². The van der Waals surface area contributed by atoms with Crippen LogP contribution in [0.25, 0.3) is 0 Å². The van der Waals surface area contributed by atoms with Crippen molar-refractivity contribution in [2.45, 2.75) is 68.6 Å². The first-order valence-corrected chi connectivity index (χ1v) is 18.3. The van der Waals surface area contributed by atoms with Crippen molar-refractivity contribution in [2.24, 2.45) is 0 Å². The van der Waals surface area contributed by atoms with Gasteiger partial charge >= 0.3 is 0 Å². The molecule has 0 aromatic heterocycles. The summed E-state index contributed by atoms with van der Waals surface area (Å²) in [4.78, 5) is 0. The lowest BCUT2D eigenvalue weighted by molar-refractivity contribution is 0.765. The van der Waals surface area contributed by atoms with E-state index in [0.29, 0.717) is 0 Å². The van der Waals surface area contributed by atoms with Gasteiger partial charge in [-0.15, -0.1) is 0 Å². The summed E-state index contributed by atoms with van der Waals surface area (Å²) in [6.45, 7) is 4.25. The van der Waals surface area contributed by atoms with Gasteiger partial charge in [-0.05, 0) is 60.3 Å². The molecule has 2 aliphatic rings. The molecule has 4 aromatic carbocycles. The molecular formula is C37H44P2. The molecule has 2 aliphatic heterocycles. The maximum atomic E-state index is 2.40. The van der Waals surface area contributed by atoms with Crippen LogP contribution in [0.15, 0.2) is 121 Å². The van der Waals surface area contributed by atoms with Crippen LogP contribution in [0.1, 0.15) is 90.8 Å². The lowest BCUT2D eigenvalue weighted by Gasteiger charge is -2.32. The topological polar surface area (TPSA) is 0 Å². The number of hydrogen-bond acceptors (Lipinski definition) is 0. The first-order valence-electron chi connectivity index (χ1n) is 15.0. The van der Waals surface area contributed by atoms with Crippen LogP contribution in [0, 0.1) is 0 Å². The SMILES string of the molecule is CCC.c1ccc([C@@H]2CC[C@@H](c3ccccc3)P2CCP2[C@H](c3ccccc3)CC[C@H]2c2ccccc2)cc1. The van der Waals surface area contributed by atoms with Crippen molar-refractivity contribution < 1.29 is 0 Å². The molecule has 0 aliphatic carbocycles. The summed E-state index contributed by atoms with van der Waals surface area (Å²) in [6, 6.07) is 45.8. The highest BCUT2D eigenvalue weighted by molar-refractivity contribution is 7.62. The molecule has 0 amide bonds. The van der Waals surface area contributed by atoms with Crippen molar-refractivity contribution in [3.63, 3.8) is 0 Å². The highest BCUT2D eigenvalue weighted by Crippen LogP contribution is 2.75. The molecule has 0 N–H and O–H groups in total. The Balaban J connectivity index is 0.000000983. The van der Waals surface area contributed by atoms with Crippen molar-refractivity contribution in [1.29, 1.82) is 0 Å². The molecule has 4 atom stereocenters. The van der Waals surface area contributed by atoms with Crippen molar-refractivity contribution in [3.8, 4) is 0 Å². The van der Waals surface area contributed by atoms with Crippen molar-refractivity contribution >= 4 is 15.8 Å². The van der Waals surface area contributed by atoms with Gasteiger partial charge in [0.1, 0.15) is 0 Å². The molecular weight excluding hydrogens is 506 g/mol. The molecule has 0 bridgehead atoms. The monoisotopic (exact) mass is 550 g/mol. The number of rotatable bonds is 7. The van der Waals surface area contributed by atoms with Crippen molar-refractivity contribution in [3.05, 3.63) is 144 Å². The average molecular weight is 551 g/mol. The van der Waals surface area contributed by atoms with Crippen molar-refractivity contribution in [1.82, 2.24) is 0 Å². The van der Waals surface area contributed by atoms with Gasteiger partial charge in [-0.3, -0.25) is 0 Å². The molecule has 2 fully saturated rings. The van der Waals surface area contributed by atoms with Crippen LogP contribution >= 0.6 is 15.8 Å². The second-order valence-corrected chi connectivity index (χ2v) is 16.5. The van der Waals surface area contributed by atoms with Gasteiger partial charge in [-0.25, -0.2) is 0 Å². The fourth-order valence-electron chi connectivity index (χ4n) is 6.72. The van der Waals surface area contributed by atoms with Gasteiger partial charge in [0.15, 0.2) is 0 Å². The van der Waals surface area contributed by atoms with E-state index in [1.165, 1.54) is 44.4 Å². The average Bonchev–Trinajstić information content (AvgIpc) is 3.63. The first kappa shape index (κ1) is 28.3. The molecule has 202 valence electrons. The molecule has 0 nitrogen and oxygen atoms in total. The van der Waals surface area contributed by atoms with Crippen LogP contribution in [-0.2, 0) is 0 Å². The fraction of sp³-hybridized carbons (Fsp3) is 0.351. The van der Waals surface area contributed by atoms with E-state index in [4.69, 9.17) is 0 Å². The minimum atomic E-state index is -0.100. The maximum absolute atomic E-state index is 2.40. The second-order valence-electron chi connectivity index (χ2n) is 11.0. The van der Waals surface area contributed by atoms with Gasteiger partial charge in [0.05, 0.1) is 0 Å². The lowest BCUT2D eigenvalue weighted by Crippen LogP contribution is -2.05. The third-order valence-corrected chi connectivity index (χ3v) is 15.6. The Bertz CT molecular complexity index is 1030. The minimum Gasteiger partial charge on any atom is -0.0910 e. The Kier molecular flexibility index (Phi) is 10.4. The summed E-state index contributed by atoms with van der Waals surface area (Å²) in [5.74, 6) is 0. The molecule has 2 heteroatoms. The zero-order chi connectivity index (χ0) is 26.9. The molecule has 0 unspecified atom stereocenters. The summed E-state index contributed by atoms with van der Waals surface area (Å²) in [5, 5.41) is 0. The molecule has 6 rings (SSSR count). The predicted molar refractivity (Wildman–Crippen MR) is 175 cm³/mol. The van der Waals surface area contributed by atoms with E-state index in [0.717, 1.165) is 22.6 Å². The Morgan fingerprint density at radius 2 is 0.615 bits per heavy atom. The van der Waals surface area contributed by atoms with Gasteiger partial charge in [-0.2, -0.15) is 0 Å². The van der Waals surface area contributed by atoms with E-state index in [9.17, 15) is 0 Å². The van der Waals surface area contributed by atoms with E-state index in [1.807, 2.05) is 0 Å². The summed E-state index contributed by atoms with van der Waals surface area (Å²) in [7, 11) is -0.201. The Labute approximate surface area is 239 Å². The molecule has 2 heterocycles. The fourth-order valence-corrected chi connectivity index (χ4v) is 14.8. The molecule has 4 aromatic rings. The van der Waals surface area contributed by atoms with Gasteiger partial charge in [-0.1, -0.05) is 157 Å². The number of hydrogen-bond donors (Lipinski definition) is 0. The summed E-state index contributed by atoms with van der Waals surface area (Å²) in [6.07, 6.45) is 9.45. The van der Waals surface area contributed by atoms with Crippen LogP contribution in [0.5, 0.6) is 0 Å². The first-order chi connectivity index (χ1) is 19.3. The Morgan fingerprint density at radius 3 is 0.821 bits per heavy atom. The normalized spacial score (nSPS) is 23.3. The van der Waals surface area contributed by atoms with E-state index in [2.05, 4.69) is 135 Å². The van der Waals surface area contributed by atoms with Crippen LogP contribution in [0.2, 0.25) is 0 Å².